The van der Waals surface area contributed by atoms with Gasteiger partial charge >= 0.3 is 5.97 Å². The summed E-state index contributed by atoms with van der Waals surface area (Å²) >= 11 is 0. The van der Waals surface area contributed by atoms with Gasteiger partial charge in [0.15, 0.2) is 0 Å². The second kappa shape index (κ2) is 5.23. The molecule has 1 unspecified atom stereocenters. The first-order chi connectivity index (χ1) is 9.34. The fraction of sp³-hybridized carbons (Fsp3) is 0.400. The summed E-state index contributed by atoms with van der Waals surface area (Å²) in [6.07, 6.45) is 0. The predicted octanol–water partition coefficient (Wildman–Crippen LogP) is -1.15. The molecule has 10 heteroatoms. The summed E-state index contributed by atoms with van der Waals surface area (Å²) < 4.78 is 35.3. The first-order valence-electron chi connectivity index (χ1n) is 5.56. The van der Waals surface area contributed by atoms with Crippen LogP contribution in [0.5, 0.6) is 0 Å². The summed E-state index contributed by atoms with van der Waals surface area (Å²) in [6, 6.07) is 0.897. The molecule has 1 aliphatic heterocycles. The van der Waals surface area contributed by atoms with Gasteiger partial charge in [-0.2, -0.15) is 4.31 Å². The lowest BCUT2D eigenvalue weighted by atomic mass is 10.3. The van der Waals surface area contributed by atoms with E-state index in [0.717, 1.165) is 16.4 Å². The Morgan fingerprint density at radius 3 is 2.65 bits per heavy atom. The summed E-state index contributed by atoms with van der Waals surface area (Å²) in [5, 5.41) is 8.17. The van der Waals surface area contributed by atoms with Crippen LogP contribution >= 0.6 is 0 Å². The maximum absolute atomic E-state index is 12.3. The van der Waals surface area contributed by atoms with Crippen LogP contribution in [0.1, 0.15) is 10.6 Å². The molecule has 9 nitrogen and oxygen atoms in total. The Hall–Kier alpha value is -1.91. The molecular formula is C10H12N2O7S. The van der Waals surface area contributed by atoms with Gasteiger partial charge in [0.05, 0.1) is 13.2 Å². The number of carbonyl (C=O) groups excluding carboxylic acids is 1. The topological polar surface area (TPSA) is 140 Å². The highest BCUT2D eigenvalue weighted by atomic mass is 32.2. The summed E-state index contributed by atoms with van der Waals surface area (Å²) in [5.74, 6) is -2.74. The number of nitrogens with two attached hydrogens (primary N) is 1. The number of furan rings is 1. The molecule has 1 fully saturated rings. The van der Waals surface area contributed by atoms with E-state index in [9.17, 15) is 18.0 Å². The van der Waals surface area contributed by atoms with Crippen molar-refractivity contribution in [3.63, 3.8) is 0 Å². The highest BCUT2D eigenvalue weighted by Gasteiger charge is 2.39. The monoisotopic (exact) mass is 304 g/mol. The minimum absolute atomic E-state index is 0.0704. The third-order valence-electron chi connectivity index (χ3n) is 2.76. The highest BCUT2D eigenvalue weighted by Crippen LogP contribution is 2.22. The number of nitrogens with zero attached hydrogens (tertiary/aromatic N) is 1. The molecule has 0 aromatic carbocycles. The Bertz CT molecular complexity index is 636. The maximum Gasteiger partial charge on any atom is 0.371 e. The van der Waals surface area contributed by atoms with Crippen LogP contribution in [0.3, 0.4) is 0 Å². The minimum Gasteiger partial charge on any atom is -0.475 e. The normalized spacial score (nSPS) is 20.7. The van der Waals surface area contributed by atoms with Crippen molar-refractivity contribution in [3.05, 3.63) is 17.9 Å². The van der Waals surface area contributed by atoms with Crippen LogP contribution in [-0.4, -0.2) is 55.5 Å². The van der Waals surface area contributed by atoms with Gasteiger partial charge in [-0.1, -0.05) is 0 Å². The van der Waals surface area contributed by atoms with E-state index in [1.807, 2.05) is 0 Å². The second-order valence-electron chi connectivity index (χ2n) is 4.03. The lowest BCUT2D eigenvalue weighted by Gasteiger charge is -2.31. The fourth-order valence-corrected chi connectivity index (χ4v) is 3.27. The molecule has 20 heavy (non-hydrogen) atoms. The maximum atomic E-state index is 12.3. The Labute approximate surface area is 114 Å². The number of carboxylic acids is 1. The first kappa shape index (κ1) is 14.5. The number of morpholine rings is 1. The van der Waals surface area contributed by atoms with Crippen molar-refractivity contribution in [1.29, 1.82) is 0 Å². The number of aromatic carboxylic acids is 1. The highest BCUT2D eigenvalue weighted by molar-refractivity contribution is 7.89. The molecule has 1 aromatic heterocycles. The quantitative estimate of drug-likeness (QED) is 0.715. The number of hydrogen-bond acceptors (Lipinski definition) is 6. The average molecular weight is 304 g/mol. The summed E-state index contributed by atoms with van der Waals surface area (Å²) in [5.41, 5.74) is 5.14. The predicted molar refractivity (Wildman–Crippen MR) is 63.4 cm³/mol. The number of ether oxygens (including phenoxy) is 1. The van der Waals surface area contributed by atoms with Gasteiger partial charge in [0.2, 0.25) is 16.8 Å². The standard InChI is InChI=1S/C10H12N2O7S/c11-9(13)6-5-18-4-3-12(6)20(16,17)8-2-1-7(19-8)10(14)15/h1-2,6H,3-5H2,(H2,11,13)(H,14,15). The first-order valence-corrected chi connectivity index (χ1v) is 7.00. The van der Waals surface area contributed by atoms with E-state index in [2.05, 4.69) is 0 Å². The Morgan fingerprint density at radius 2 is 2.10 bits per heavy atom. The van der Waals surface area contributed by atoms with Crippen molar-refractivity contribution in [2.45, 2.75) is 11.1 Å². The van der Waals surface area contributed by atoms with Crippen molar-refractivity contribution in [3.8, 4) is 0 Å². The Morgan fingerprint density at radius 1 is 1.40 bits per heavy atom. The zero-order valence-electron chi connectivity index (χ0n) is 10.2. The van der Waals surface area contributed by atoms with Crippen LogP contribution in [0.4, 0.5) is 0 Å². The number of carboxylic acid groups (broad SMARTS) is 1. The van der Waals surface area contributed by atoms with Crippen LogP contribution in [0.2, 0.25) is 0 Å². The zero-order chi connectivity index (χ0) is 14.9. The number of hydrogen-bond donors (Lipinski definition) is 2. The van der Waals surface area contributed by atoms with Crippen molar-refractivity contribution >= 4 is 21.9 Å². The number of rotatable bonds is 4. The second-order valence-corrected chi connectivity index (χ2v) is 5.85. The molecule has 2 rings (SSSR count). The molecule has 1 amide bonds. The van der Waals surface area contributed by atoms with E-state index >= 15 is 0 Å². The Balaban J connectivity index is 2.36. The average Bonchev–Trinajstić information content (AvgIpc) is 2.89. The molecular weight excluding hydrogens is 292 g/mol. The SMILES string of the molecule is NC(=O)C1COCCN1S(=O)(=O)c1ccc(C(=O)O)o1. The fourth-order valence-electron chi connectivity index (χ4n) is 1.79. The molecule has 0 spiro atoms. The summed E-state index contributed by atoms with van der Waals surface area (Å²) in [6.45, 7) is -0.115. The van der Waals surface area contributed by atoms with Crippen molar-refractivity contribution in [2.75, 3.05) is 19.8 Å². The van der Waals surface area contributed by atoms with E-state index in [-0.39, 0.29) is 19.8 Å². The largest absolute Gasteiger partial charge is 0.475 e. The van der Waals surface area contributed by atoms with Gasteiger partial charge in [-0.3, -0.25) is 4.79 Å². The molecule has 0 saturated carbocycles. The molecule has 3 N–H and O–H groups in total. The van der Waals surface area contributed by atoms with E-state index in [0.29, 0.717) is 0 Å². The van der Waals surface area contributed by atoms with E-state index in [1.165, 1.54) is 0 Å². The molecule has 0 aliphatic carbocycles. The Kier molecular flexibility index (Phi) is 3.79. The van der Waals surface area contributed by atoms with Crippen LogP contribution < -0.4 is 5.73 Å². The zero-order valence-corrected chi connectivity index (χ0v) is 11.0. The van der Waals surface area contributed by atoms with E-state index in [1.54, 1.807) is 0 Å². The van der Waals surface area contributed by atoms with Gasteiger partial charge in [-0.25, -0.2) is 13.2 Å². The molecule has 2 heterocycles. The van der Waals surface area contributed by atoms with Gasteiger partial charge in [-0.15, -0.1) is 0 Å². The van der Waals surface area contributed by atoms with Gasteiger partial charge in [-0.05, 0) is 12.1 Å². The summed E-state index contributed by atoms with van der Waals surface area (Å²) in [4.78, 5) is 22.0. The van der Waals surface area contributed by atoms with Gasteiger partial charge in [0.1, 0.15) is 6.04 Å². The van der Waals surface area contributed by atoms with Crippen molar-refractivity contribution in [1.82, 2.24) is 4.31 Å². The molecule has 0 radical (unpaired) electrons. The third kappa shape index (κ3) is 2.53. The minimum atomic E-state index is -4.15. The van der Waals surface area contributed by atoms with E-state index < -0.39 is 38.8 Å². The molecule has 1 saturated heterocycles. The van der Waals surface area contributed by atoms with Crippen molar-refractivity contribution in [2.24, 2.45) is 5.73 Å². The van der Waals surface area contributed by atoms with Crippen LogP contribution in [0, 0.1) is 0 Å². The third-order valence-corrected chi connectivity index (χ3v) is 4.55. The number of amides is 1. The molecule has 0 bridgehead atoms. The van der Waals surface area contributed by atoms with Gasteiger partial charge < -0.3 is 20.0 Å². The molecule has 1 aromatic rings. The van der Waals surface area contributed by atoms with Crippen LogP contribution in [0.25, 0.3) is 0 Å². The summed E-state index contributed by atoms with van der Waals surface area (Å²) in [7, 11) is -4.15. The molecule has 110 valence electrons. The van der Waals surface area contributed by atoms with Crippen LogP contribution in [-0.2, 0) is 19.6 Å². The van der Waals surface area contributed by atoms with Crippen molar-refractivity contribution < 1.29 is 32.3 Å². The number of primary amides is 1. The molecule has 1 atom stereocenters. The number of carbonyl (C=O) groups is 2. The lowest BCUT2D eigenvalue weighted by molar-refractivity contribution is -0.125. The van der Waals surface area contributed by atoms with Crippen LogP contribution in [0.15, 0.2) is 21.6 Å². The smallest absolute Gasteiger partial charge is 0.371 e. The number of sulfonamides is 1. The van der Waals surface area contributed by atoms with Gasteiger partial charge in [0.25, 0.3) is 10.0 Å². The lowest BCUT2D eigenvalue weighted by Crippen LogP contribution is -2.54. The molecule has 1 aliphatic rings. The van der Waals surface area contributed by atoms with Gasteiger partial charge in [0, 0.05) is 6.54 Å². The van der Waals surface area contributed by atoms with E-state index in [4.69, 9.17) is 20.0 Å².